The minimum atomic E-state index is -0.544. The van der Waals surface area contributed by atoms with Gasteiger partial charge in [-0.05, 0) is 42.8 Å². The molecule has 1 heterocycles. The maximum atomic E-state index is 11.4. The van der Waals surface area contributed by atoms with Crippen LogP contribution in [-0.2, 0) is 0 Å². The summed E-state index contributed by atoms with van der Waals surface area (Å²) in [6.07, 6.45) is 1.47. The minimum Gasteiger partial charge on any atom is -0.394 e. The first-order valence-corrected chi connectivity index (χ1v) is 7.85. The summed E-state index contributed by atoms with van der Waals surface area (Å²) in [4.78, 5) is 19.9. The molecule has 1 aromatic heterocycles. The smallest absolute Gasteiger partial charge is 0.248 e. The molecule has 0 atom stereocenters. The molecule has 3 aromatic rings. The van der Waals surface area contributed by atoms with Crippen LogP contribution in [0.3, 0.4) is 0 Å². The number of rotatable bonds is 5. The molecule has 0 unspecified atom stereocenters. The molecule has 26 heavy (non-hydrogen) atoms. The highest BCUT2D eigenvalue weighted by Crippen LogP contribution is 2.27. The number of aryl methyl sites for hydroxylation is 1. The summed E-state index contributed by atoms with van der Waals surface area (Å²) >= 11 is 0. The zero-order valence-electron chi connectivity index (χ0n) is 14.2. The lowest BCUT2D eigenvalue weighted by Crippen LogP contribution is -2.27. The Bertz CT molecular complexity index is 958. The summed E-state index contributed by atoms with van der Waals surface area (Å²) in [5.41, 5.74) is 14.4. The van der Waals surface area contributed by atoms with E-state index in [1.807, 2.05) is 31.2 Å². The summed E-state index contributed by atoms with van der Waals surface area (Å²) in [5.74, 6) is 6.26. The molecule has 2 aromatic carbocycles. The summed E-state index contributed by atoms with van der Waals surface area (Å²) < 4.78 is 0. The van der Waals surface area contributed by atoms with Gasteiger partial charge in [-0.3, -0.25) is 9.80 Å². The molecule has 0 aliphatic heterocycles. The Hall–Kier alpha value is -3.65. The van der Waals surface area contributed by atoms with Crippen LogP contribution >= 0.6 is 0 Å². The first-order chi connectivity index (χ1) is 12.4. The van der Waals surface area contributed by atoms with Crippen LogP contribution in [0.2, 0.25) is 0 Å². The number of hydrazine groups is 1. The van der Waals surface area contributed by atoms with E-state index in [0.29, 0.717) is 28.7 Å². The van der Waals surface area contributed by atoms with E-state index < -0.39 is 5.91 Å². The molecule has 3 rings (SSSR count). The minimum absolute atomic E-state index is 0.298. The van der Waals surface area contributed by atoms with Crippen molar-refractivity contribution in [3.8, 4) is 0 Å². The number of benzene rings is 2. The first-order valence-electron chi connectivity index (χ1n) is 7.85. The van der Waals surface area contributed by atoms with Crippen LogP contribution in [-0.4, -0.2) is 15.9 Å². The largest absolute Gasteiger partial charge is 0.394 e. The van der Waals surface area contributed by atoms with Gasteiger partial charge in [0.2, 0.25) is 11.9 Å². The molecular formula is C18H19N7O. The molecule has 1 amide bonds. The van der Waals surface area contributed by atoms with E-state index in [0.717, 1.165) is 11.3 Å². The van der Waals surface area contributed by atoms with Gasteiger partial charge in [0.15, 0.2) is 5.82 Å². The maximum Gasteiger partial charge on any atom is 0.248 e. The Morgan fingerprint density at radius 2 is 1.92 bits per heavy atom. The zero-order chi connectivity index (χ0) is 18.7. The van der Waals surface area contributed by atoms with Gasteiger partial charge in [-0.1, -0.05) is 18.2 Å². The number of carbonyl (C=O) groups is 1. The van der Waals surface area contributed by atoms with Gasteiger partial charge < -0.3 is 16.8 Å². The molecule has 0 aliphatic carbocycles. The molecule has 7 N–H and O–H groups in total. The van der Waals surface area contributed by atoms with Gasteiger partial charge in [-0.2, -0.15) is 4.98 Å². The van der Waals surface area contributed by atoms with E-state index in [1.54, 1.807) is 24.3 Å². The molecule has 0 fully saturated rings. The Labute approximate surface area is 150 Å². The number of nitrogens with one attached hydrogen (secondary N) is 1. The number of nitrogens with zero attached hydrogens (tertiary/aromatic N) is 3. The van der Waals surface area contributed by atoms with Crippen molar-refractivity contribution in [2.24, 2.45) is 11.6 Å². The SMILES string of the molecule is Cc1cccc(Nc2ncc(N)c(N(N)c3cccc(C(N)=O)c3)n2)c1. The van der Waals surface area contributed by atoms with Gasteiger partial charge in [0, 0.05) is 11.3 Å². The fourth-order valence-corrected chi connectivity index (χ4v) is 2.42. The number of carbonyl (C=O) groups excluding carboxylic acids is 1. The van der Waals surface area contributed by atoms with Gasteiger partial charge in [0.25, 0.3) is 0 Å². The molecular weight excluding hydrogens is 330 g/mol. The highest BCUT2D eigenvalue weighted by Gasteiger charge is 2.14. The van der Waals surface area contributed by atoms with Crippen molar-refractivity contribution in [2.45, 2.75) is 6.92 Å². The fraction of sp³-hybridized carbons (Fsp3) is 0.0556. The van der Waals surface area contributed by atoms with E-state index in [2.05, 4.69) is 15.3 Å². The third-order valence-corrected chi connectivity index (χ3v) is 3.71. The van der Waals surface area contributed by atoms with Crippen LogP contribution in [0.1, 0.15) is 15.9 Å². The molecule has 0 radical (unpaired) electrons. The number of hydrogen-bond acceptors (Lipinski definition) is 7. The second-order valence-corrected chi connectivity index (χ2v) is 5.75. The van der Waals surface area contributed by atoms with Crippen LogP contribution < -0.4 is 27.6 Å². The van der Waals surface area contributed by atoms with Gasteiger partial charge >= 0.3 is 0 Å². The van der Waals surface area contributed by atoms with Crippen LogP contribution in [0.4, 0.5) is 28.8 Å². The summed E-state index contributed by atoms with van der Waals surface area (Å²) in [6.45, 7) is 1.99. The van der Waals surface area contributed by atoms with Crippen molar-refractivity contribution >= 4 is 34.7 Å². The monoisotopic (exact) mass is 349 g/mol. The second kappa shape index (κ2) is 7.08. The highest BCUT2D eigenvalue weighted by atomic mass is 16.1. The molecule has 132 valence electrons. The number of anilines is 5. The molecule has 0 spiro atoms. The fourth-order valence-electron chi connectivity index (χ4n) is 2.42. The highest BCUT2D eigenvalue weighted by molar-refractivity contribution is 5.94. The quantitative estimate of drug-likeness (QED) is 0.409. The van der Waals surface area contributed by atoms with Crippen molar-refractivity contribution in [3.63, 3.8) is 0 Å². The molecule has 0 bridgehead atoms. The van der Waals surface area contributed by atoms with Gasteiger partial charge in [0.05, 0.1) is 17.6 Å². The average molecular weight is 349 g/mol. The van der Waals surface area contributed by atoms with E-state index in [-0.39, 0.29) is 0 Å². The van der Waals surface area contributed by atoms with E-state index in [1.165, 1.54) is 11.2 Å². The Balaban J connectivity index is 1.92. The van der Waals surface area contributed by atoms with Crippen molar-refractivity contribution in [2.75, 3.05) is 16.1 Å². The molecule has 8 nitrogen and oxygen atoms in total. The number of hydrogen-bond donors (Lipinski definition) is 4. The van der Waals surface area contributed by atoms with E-state index >= 15 is 0 Å². The van der Waals surface area contributed by atoms with Crippen LogP contribution in [0.5, 0.6) is 0 Å². The lowest BCUT2D eigenvalue weighted by Gasteiger charge is -2.20. The average Bonchev–Trinajstić information content (AvgIpc) is 2.63. The van der Waals surface area contributed by atoms with E-state index in [9.17, 15) is 4.79 Å². The Kier molecular flexibility index (Phi) is 4.68. The number of nitrogen functional groups attached to an aromatic ring is 1. The van der Waals surface area contributed by atoms with Gasteiger partial charge in [0.1, 0.15) is 0 Å². The lowest BCUT2D eigenvalue weighted by atomic mass is 10.2. The lowest BCUT2D eigenvalue weighted by molar-refractivity contribution is 0.100. The molecule has 8 heteroatoms. The maximum absolute atomic E-state index is 11.4. The standard InChI is InChI=1S/C18H19N7O/c1-11-4-2-6-13(8-11)23-18-22-10-15(19)17(24-18)25(21)14-7-3-5-12(9-14)16(20)26/h2-10H,19,21H2,1H3,(H2,20,26)(H,22,23,24). The van der Waals surface area contributed by atoms with E-state index in [4.69, 9.17) is 17.3 Å². The van der Waals surface area contributed by atoms with Crippen LogP contribution in [0.15, 0.2) is 54.7 Å². The molecule has 0 saturated heterocycles. The topological polar surface area (TPSA) is 136 Å². The summed E-state index contributed by atoms with van der Waals surface area (Å²) in [6, 6.07) is 14.4. The summed E-state index contributed by atoms with van der Waals surface area (Å²) in [7, 11) is 0. The van der Waals surface area contributed by atoms with Gasteiger partial charge in [-0.15, -0.1) is 0 Å². The predicted octanol–water partition coefficient (Wildman–Crippen LogP) is 2.22. The predicted molar refractivity (Wildman–Crippen MR) is 102 cm³/mol. The van der Waals surface area contributed by atoms with Crippen molar-refractivity contribution in [3.05, 3.63) is 65.9 Å². The van der Waals surface area contributed by atoms with Crippen LogP contribution in [0.25, 0.3) is 0 Å². The second-order valence-electron chi connectivity index (χ2n) is 5.75. The van der Waals surface area contributed by atoms with Crippen LogP contribution in [0, 0.1) is 6.92 Å². The number of primary amides is 1. The Morgan fingerprint density at radius 3 is 2.65 bits per heavy atom. The van der Waals surface area contributed by atoms with Crippen molar-refractivity contribution in [1.82, 2.24) is 9.97 Å². The van der Waals surface area contributed by atoms with Crippen molar-refractivity contribution < 1.29 is 4.79 Å². The third kappa shape index (κ3) is 3.70. The first kappa shape index (κ1) is 17.2. The third-order valence-electron chi connectivity index (χ3n) is 3.71. The van der Waals surface area contributed by atoms with Crippen molar-refractivity contribution in [1.29, 1.82) is 0 Å². The normalized spacial score (nSPS) is 10.4. The molecule has 0 aliphatic rings. The van der Waals surface area contributed by atoms with Gasteiger partial charge in [-0.25, -0.2) is 10.8 Å². The zero-order valence-corrected chi connectivity index (χ0v) is 14.2. The number of nitrogens with two attached hydrogens (primary N) is 3. The molecule has 0 saturated carbocycles. The number of aromatic nitrogens is 2. The summed E-state index contributed by atoms with van der Waals surface area (Å²) in [5, 5.41) is 4.40. The number of amides is 1. The Morgan fingerprint density at radius 1 is 1.15 bits per heavy atom.